The second-order valence-electron chi connectivity index (χ2n) is 5.15. The molecule has 0 bridgehead atoms. The highest BCUT2D eigenvalue weighted by Crippen LogP contribution is 2.11. The number of hydrogen-bond acceptors (Lipinski definition) is 3. The second-order valence-corrected chi connectivity index (χ2v) is 5.15. The van der Waals surface area contributed by atoms with Gasteiger partial charge in [-0.3, -0.25) is 9.78 Å². The normalized spacial score (nSPS) is 14.5. The van der Waals surface area contributed by atoms with Crippen molar-refractivity contribution in [2.45, 2.75) is 52.6 Å². The highest BCUT2D eigenvalue weighted by atomic mass is 16.1. The molecule has 2 atom stereocenters. The number of nitrogens with zero attached hydrogens (tertiary/aromatic N) is 1. The summed E-state index contributed by atoms with van der Waals surface area (Å²) in [6.07, 6.45) is 5.20. The van der Waals surface area contributed by atoms with E-state index in [1.165, 1.54) is 0 Å². The van der Waals surface area contributed by atoms with E-state index in [9.17, 15) is 4.79 Å². The lowest BCUT2D eigenvalue weighted by atomic mass is 9.93. The van der Waals surface area contributed by atoms with Crippen LogP contribution in [0, 0.1) is 5.92 Å². The molecule has 0 spiro atoms. The van der Waals surface area contributed by atoms with Gasteiger partial charge in [0.05, 0.1) is 6.04 Å². The Balaban J connectivity index is 2.75. The summed E-state index contributed by atoms with van der Waals surface area (Å²) in [7, 11) is 0. The molecule has 1 heterocycles. The molecular formula is C15H24N2O. The summed E-state index contributed by atoms with van der Waals surface area (Å²) in [5.41, 5.74) is 1.10. The Morgan fingerprint density at radius 3 is 2.61 bits per heavy atom. The zero-order valence-corrected chi connectivity index (χ0v) is 11.8. The Kier molecular flexibility index (Phi) is 5.99. The van der Waals surface area contributed by atoms with Crippen LogP contribution in [-0.2, 0) is 11.2 Å². The molecule has 100 valence electrons. The number of ketones is 1. The van der Waals surface area contributed by atoms with Crippen molar-refractivity contribution in [2.75, 3.05) is 0 Å². The first-order chi connectivity index (χ1) is 8.54. The van der Waals surface area contributed by atoms with Gasteiger partial charge in [0.1, 0.15) is 0 Å². The molecule has 18 heavy (non-hydrogen) atoms. The number of carbonyl (C=O) groups excluding carboxylic acids is 1. The molecule has 0 saturated carbocycles. The maximum Gasteiger partial charge on any atom is 0.152 e. The average Bonchev–Trinajstić information content (AvgIpc) is 2.37. The van der Waals surface area contributed by atoms with Crippen LogP contribution in [-0.4, -0.2) is 22.9 Å². The number of rotatable bonds is 7. The van der Waals surface area contributed by atoms with Crippen molar-refractivity contribution in [1.82, 2.24) is 10.3 Å². The fourth-order valence-electron chi connectivity index (χ4n) is 1.94. The molecule has 1 aromatic heterocycles. The second kappa shape index (κ2) is 7.27. The number of Topliss-reactive ketones (excluding diaryl/α,β-unsaturated/α-hetero) is 1. The minimum atomic E-state index is -0.107. The van der Waals surface area contributed by atoms with E-state index in [1.807, 2.05) is 25.3 Å². The number of aromatic nitrogens is 1. The third-order valence-corrected chi connectivity index (χ3v) is 3.14. The summed E-state index contributed by atoms with van der Waals surface area (Å²) in [5.74, 6) is 0.410. The molecule has 1 N–H and O–H groups in total. The van der Waals surface area contributed by atoms with E-state index in [4.69, 9.17) is 0 Å². The van der Waals surface area contributed by atoms with Crippen LogP contribution < -0.4 is 5.32 Å². The fourth-order valence-corrected chi connectivity index (χ4v) is 1.94. The van der Waals surface area contributed by atoms with Gasteiger partial charge in [0.2, 0.25) is 0 Å². The first kappa shape index (κ1) is 14.8. The SMILES string of the molecule is CCC(C)C(=O)C(Cc1cccnc1)NC(C)C. The lowest BCUT2D eigenvalue weighted by Gasteiger charge is -2.22. The monoisotopic (exact) mass is 248 g/mol. The van der Waals surface area contributed by atoms with Crippen LogP contribution in [0.2, 0.25) is 0 Å². The highest BCUT2D eigenvalue weighted by molar-refractivity contribution is 5.86. The Hall–Kier alpha value is -1.22. The maximum atomic E-state index is 12.3. The molecule has 0 aliphatic rings. The largest absolute Gasteiger partial charge is 0.305 e. The molecule has 0 aliphatic heterocycles. The molecule has 3 heteroatoms. The fraction of sp³-hybridized carbons (Fsp3) is 0.600. The predicted octanol–water partition coefficient (Wildman–Crippen LogP) is 2.61. The van der Waals surface area contributed by atoms with Crippen LogP contribution in [0.1, 0.15) is 39.7 Å². The van der Waals surface area contributed by atoms with Crippen molar-refractivity contribution in [2.24, 2.45) is 5.92 Å². The van der Waals surface area contributed by atoms with Crippen molar-refractivity contribution in [1.29, 1.82) is 0 Å². The standard InChI is InChI=1S/C15H24N2O/c1-5-12(4)15(18)14(17-11(2)3)9-13-7-6-8-16-10-13/h6-8,10-12,14,17H,5,9H2,1-4H3. The minimum Gasteiger partial charge on any atom is -0.305 e. The molecule has 0 fully saturated rings. The Morgan fingerprint density at radius 2 is 2.11 bits per heavy atom. The summed E-state index contributed by atoms with van der Waals surface area (Å²) in [6, 6.07) is 4.13. The number of hydrogen-bond donors (Lipinski definition) is 1. The smallest absolute Gasteiger partial charge is 0.152 e. The van der Waals surface area contributed by atoms with Crippen LogP contribution >= 0.6 is 0 Å². The summed E-state index contributed by atoms with van der Waals surface area (Å²) in [5, 5.41) is 3.37. The Labute approximate surface area is 110 Å². The minimum absolute atomic E-state index is 0.107. The molecule has 0 amide bonds. The van der Waals surface area contributed by atoms with Gasteiger partial charge in [0, 0.05) is 24.4 Å². The van der Waals surface area contributed by atoms with Crippen LogP contribution in [0.15, 0.2) is 24.5 Å². The van der Waals surface area contributed by atoms with E-state index in [1.54, 1.807) is 6.20 Å². The molecule has 0 radical (unpaired) electrons. The Bertz CT molecular complexity index is 362. The van der Waals surface area contributed by atoms with Gasteiger partial charge in [-0.2, -0.15) is 0 Å². The van der Waals surface area contributed by atoms with Crippen LogP contribution in [0.3, 0.4) is 0 Å². The van der Waals surface area contributed by atoms with Crippen LogP contribution in [0.25, 0.3) is 0 Å². The maximum absolute atomic E-state index is 12.3. The zero-order chi connectivity index (χ0) is 13.5. The first-order valence-electron chi connectivity index (χ1n) is 6.73. The molecular weight excluding hydrogens is 224 g/mol. The quantitative estimate of drug-likeness (QED) is 0.806. The van der Waals surface area contributed by atoms with Gasteiger partial charge in [-0.05, 0) is 24.5 Å². The van der Waals surface area contributed by atoms with Crippen molar-refractivity contribution in [3.05, 3.63) is 30.1 Å². The zero-order valence-electron chi connectivity index (χ0n) is 11.8. The van der Waals surface area contributed by atoms with Crippen LogP contribution in [0.5, 0.6) is 0 Å². The third-order valence-electron chi connectivity index (χ3n) is 3.14. The van der Waals surface area contributed by atoms with Gasteiger partial charge < -0.3 is 5.32 Å². The summed E-state index contributed by atoms with van der Waals surface area (Å²) in [4.78, 5) is 16.4. The molecule has 3 nitrogen and oxygen atoms in total. The van der Waals surface area contributed by atoms with Crippen LogP contribution in [0.4, 0.5) is 0 Å². The lowest BCUT2D eigenvalue weighted by Crippen LogP contribution is -2.44. The van der Waals surface area contributed by atoms with Gasteiger partial charge in [0.25, 0.3) is 0 Å². The summed E-state index contributed by atoms with van der Waals surface area (Å²) in [6.45, 7) is 8.19. The van der Waals surface area contributed by atoms with E-state index >= 15 is 0 Å². The van der Waals surface area contributed by atoms with Crippen molar-refractivity contribution >= 4 is 5.78 Å². The van der Waals surface area contributed by atoms with E-state index in [0.717, 1.165) is 18.4 Å². The Morgan fingerprint density at radius 1 is 1.39 bits per heavy atom. The van der Waals surface area contributed by atoms with Gasteiger partial charge in [0.15, 0.2) is 5.78 Å². The van der Waals surface area contributed by atoms with Gasteiger partial charge >= 0.3 is 0 Å². The lowest BCUT2D eigenvalue weighted by molar-refractivity contribution is -0.124. The first-order valence-corrected chi connectivity index (χ1v) is 6.73. The van der Waals surface area contributed by atoms with E-state index in [-0.39, 0.29) is 12.0 Å². The number of pyridine rings is 1. The van der Waals surface area contributed by atoms with Gasteiger partial charge in [-0.1, -0.05) is 33.8 Å². The molecule has 0 aromatic carbocycles. The van der Waals surface area contributed by atoms with Crippen molar-refractivity contribution < 1.29 is 4.79 Å². The molecule has 2 unspecified atom stereocenters. The predicted molar refractivity (Wildman–Crippen MR) is 74.5 cm³/mol. The van der Waals surface area contributed by atoms with Gasteiger partial charge in [-0.15, -0.1) is 0 Å². The highest BCUT2D eigenvalue weighted by Gasteiger charge is 2.23. The topological polar surface area (TPSA) is 42.0 Å². The third kappa shape index (κ3) is 4.57. The van der Waals surface area contributed by atoms with Gasteiger partial charge in [-0.25, -0.2) is 0 Å². The molecule has 1 rings (SSSR count). The number of nitrogens with one attached hydrogen (secondary N) is 1. The van der Waals surface area contributed by atoms with Crippen molar-refractivity contribution in [3.63, 3.8) is 0 Å². The molecule has 0 saturated heterocycles. The number of carbonyl (C=O) groups is 1. The average molecular weight is 248 g/mol. The molecule has 0 aliphatic carbocycles. The van der Waals surface area contributed by atoms with E-state index in [2.05, 4.69) is 31.1 Å². The summed E-state index contributed by atoms with van der Waals surface area (Å²) < 4.78 is 0. The van der Waals surface area contributed by atoms with Crippen molar-refractivity contribution in [3.8, 4) is 0 Å². The molecule has 1 aromatic rings. The van der Waals surface area contributed by atoms with E-state index in [0.29, 0.717) is 11.8 Å². The summed E-state index contributed by atoms with van der Waals surface area (Å²) >= 11 is 0. The van der Waals surface area contributed by atoms with E-state index < -0.39 is 0 Å².